The van der Waals surface area contributed by atoms with Crippen molar-refractivity contribution in [3.05, 3.63) is 11.6 Å². The molecule has 0 aromatic heterocycles. The van der Waals surface area contributed by atoms with Gasteiger partial charge >= 0.3 is 0 Å². The monoisotopic (exact) mass is 659 g/mol. The highest BCUT2D eigenvalue weighted by Crippen LogP contribution is 2.34. The van der Waals surface area contributed by atoms with Crippen LogP contribution in [0.5, 0.6) is 0 Å². The summed E-state index contributed by atoms with van der Waals surface area (Å²) in [7, 11) is 0. The molecule has 19 unspecified atom stereocenters. The molecule has 15 N–H and O–H groups in total. The fourth-order valence-electron chi connectivity index (χ4n) is 6.26. The molecule has 1 saturated carbocycles. The quantitative estimate of drug-likeness (QED) is 0.0968. The zero-order chi connectivity index (χ0) is 33.3. The van der Waals surface area contributed by atoms with E-state index in [1.165, 1.54) is 6.08 Å². The molecule has 0 amide bonds. The van der Waals surface area contributed by atoms with Crippen molar-refractivity contribution < 1.29 is 90.4 Å². The normalized spacial score (nSPS) is 51.2. The fourth-order valence-corrected chi connectivity index (χ4v) is 6.26. The van der Waals surface area contributed by atoms with Gasteiger partial charge in [0.25, 0.3) is 0 Å². The third-order valence-electron chi connectivity index (χ3n) is 9.01. The predicted molar refractivity (Wildman–Crippen MR) is 142 cm³/mol. The molecule has 2 aliphatic carbocycles. The standard InChI is InChI=1S/C26H45NO18/c28-3-7-1-9(14(33)17(36)13(7)32)27-10-2-8(4-29)23(19(38)15(10)34)44-26-22(41)20(39)24(12(6-31)43-26)45-25-21(40)18(37)16(35)11(5-30)42-25/h1,8-41H,2-6H2. The van der Waals surface area contributed by atoms with E-state index in [1.54, 1.807) is 0 Å². The number of ether oxygens (including phenoxy) is 4. The Bertz CT molecular complexity index is 972. The first-order chi connectivity index (χ1) is 21.3. The maximum atomic E-state index is 11.0. The highest BCUT2D eigenvalue weighted by atomic mass is 16.7. The highest BCUT2D eigenvalue weighted by molar-refractivity contribution is 5.22. The van der Waals surface area contributed by atoms with Gasteiger partial charge in [-0.3, -0.25) is 0 Å². The van der Waals surface area contributed by atoms with Crippen molar-refractivity contribution in [1.82, 2.24) is 5.32 Å². The third-order valence-corrected chi connectivity index (χ3v) is 9.01. The van der Waals surface area contributed by atoms with Crippen LogP contribution in [0.2, 0.25) is 0 Å². The number of nitrogens with one attached hydrogen (secondary N) is 1. The molecule has 3 fully saturated rings. The van der Waals surface area contributed by atoms with Gasteiger partial charge in [-0.1, -0.05) is 6.08 Å². The Morgan fingerprint density at radius 3 is 1.73 bits per heavy atom. The van der Waals surface area contributed by atoms with E-state index in [1.807, 2.05) is 0 Å². The Morgan fingerprint density at radius 1 is 0.600 bits per heavy atom. The van der Waals surface area contributed by atoms with Crippen LogP contribution in [0.25, 0.3) is 0 Å². The molecule has 2 saturated heterocycles. The number of aliphatic hydroxyl groups excluding tert-OH is 14. The van der Waals surface area contributed by atoms with Gasteiger partial charge in [-0.2, -0.15) is 0 Å². The Balaban J connectivity index is 1.44. The van der Waals surface area contributed by atoms with Crippen molar-refractivity contribution >= 4 is 0 Å². The Hall–Kier alpha value is -1.02. The zero-order valence-corrected chi connectivity index (χ0v) is 24.0. The summed E-state index contributed by atoms with van der Waals surface area (Å²) in [5, 5.41) is 146. The lowest BCUT2D eigenvalue weighted by Crippen LogP contribution is -2.67. The van der Waals surface area contributed by atoms with Crippen LogP contribution in [-0.2, 0) is 18.9 Å². The summed E-state index contributed by atoms with van der Waals surface area (Å²) >= 11 is 0. The van der Waals surface area contributed by atoms with Crippen LogP contribution in [0.4, 0.5) is 0 Å². The molecule has 0 bridgehead atoms. The lowest BCUT2D eigenvalue weighted by atomic mass is 9.78. The molecule has 2 heterocycles. The summed E-state index contributed by atoms with van der Waals surface area (Å²) in [6, 6.07) is -2.08. The van der Waals surface area contributed by atoms with Gasteiger partial charge in [0.1, 0.15) is 73.2 Å². The van der Waals surface area contributed by atoms with Crippen LogP contribution in [0.3, 0.4) is 0 Å². The second-order valence-electron chi connectivity index (χ2n) is 11.9. The first kappa shape index (κ1) is 36.8. The van der Waals surface area contributed by atoms with Crippen molar-refractivity contribution in [1.29, 1.82) is 0 Å². The molecular weight excluding hydrogens is 614 g/mol. The summed E-state index contributed by atoms with van der Waals surface area (Å²) in [5.74, 6) is -0.943. The van der Waals surface area contributed by atoms with Crippen molar-refractivity contribution in [2.75, 3.05) is 26.4 Å². The predicted octanol–water partition coefficient (Wildman–Crippen LogP) is -8.93. The Labute approximate surface area is 256 Å². The highest BCUT2D eigenvalue weighted by Gasteiger charge is 2.53. The van der Waals surface area contributed by atoms with Gasteiger partial charge < -0.3 is 95.8 Å². The number of hydrogen-bond acceptors (Lipinski definition) is 19. The molecule has 262 valence electrons. The molecule has 19 atom stereocenters. The van der Waals surface area contributed by atoms with Gasteiger partial charge in [0, 0.05) is 18.6 Å². The lowest BCUT2D eigenvalue weighted by Gasteiger charge is -2.48. The first-order valence-electron chi connectivity index (χ1n) is 14.6. The molecule has 0 aromatic carbocycles. The van der Waals surface area contributed by atoms with E-state index in [4.69, 9.17) is 18.9 Å². The maximum Gasteiger partial charge on any atom is 0.187 e. The number of rotatable bonds is 10. The summed E-state index contributed by atoms with van der Waals surface area (Å²) in [4.78, 5) is 0. The minimum Gasteiger partial charge on any atom is -0.396 e. The van der Waals surface area contributed by atoms with E-state index in [0.717, 1.165) is 0 Å². The maximum absolute atomic E-state index is 11.0. The summed E-state index contributed by atoms with van der Waals surface area (Å²) in [6.07, 6.45) is -25.5. The lowest BCUT2D eigenvalue weighted by molar-refractivity contribution is -0.368. The van der Waals surface area contributed by atoms with E-state index >= 15 is 0 Å². The molecule has 4 aliphatic rings. The van der Waals surface area contributed by atoms with Gasteiger partial charge in [0.15, 0.2) is 12.6 Å². The van der Waals surface area contributed by atoms with Crippen LogP contribution < -0.4 is 5.32 Å². The topological polar surface area (TPSA) is 332 Å². The van der Waals surface area contributed by atoms with Crippen molar-refractivity contribution in [3.63, 3.8) is 0 Å². The van der Waals surface area contributed by atoms with Gasteiger partial charge in [-0.15, -0.1) is 0 Å². The molecule has 0 aromatic rings. The Kier molecular flexibility index (Phi) is 12.7. The van der Waals surface area contributed by atoms with Crippen LogP contribution >= 0.6 is 0 Å². The van der Waals surface area contributed by atoms with E-state index in [-0.39, 0.29) is 12.0 Å². The molecule has 45 heavy (non-hydrogen) atoms. The first-order valence-corrected chi connectivity index (χ1v) is 14.6. The fraction of sp³-hybridized carbons (Fsp3) is 0.923. The summed E-state index contributed by atoms with van der Waals surface area (Å²) in [6.45, 7) is -2.84. The van der Waals surface area contributed by atoms with Crippen LogP contribution in [0, 0.1) is 5.92 Å². The van der Waals surface area contributed by atoms with Crippen LogP contribution in [0.1, 0.15) is 6.42 Å². The SMILES string of the molecule is OCC1=CC(NC2CC(CO)C(OC3OC(CO)C(OC4OC(CO)C(O)C(O)C4O)C(O)C3O)C(O)C2O)C(O)C(O)C1O. The molecule has 19 heteroatoms. The summed E-state index contributed by atoms with van der Waals surface area (Å²) in [5.41, 5.74) is 0.0188. The van der Waals surface area contributed by atoms with Gasteiger partial charge in [-0.05, 0) is 12.0 Å². The van der Waals surface area contributed by atoms with Crippen molar-refractivity contribution in [2.45, 2.75) is 117 Å². The van der Waals surface area contributed by atoms with E-state index < -0.39 is 142 Å². The number of hydrogen-bond donors (Lipinski definition) is 15. The summed E-state index contributed by atoms with van der Waals surface area (Å²) < 4.78 is 22.1. The number of aliphatic hydroxyl groups is 14. The Morgan fingerprint density at radius 2 is 1.16 bits per heavy atom. The van der Waals surface area contributed by atoms with Gasteiger partial charge in [0.05, 0.1) is 38.1 Å². The zero-order valence-electron chi connectivity index (χ0n) is 24.0. The van der Waals surface area contributed by atoms with Crippen LogP contribution in [-0.4, -0.2) is 208 Å². The van der Waals surface area contributed by atoms with Gasteiger partial charge in [-0.25, -0.2) is 0 Å². The third kappa shape index (κ3) is 7.37. The molecule has 0 radical (unpaired) electrons. The van der Waals surface area contributed by atoms with E-state index in [9.17, 15) is 71.5 Å². The second-order valence-corrected chi connectivity index (χ2v) is 11.9. The van der Waals surface area contributed by atoms with E-state index in [2.05, 4.69) is 5.32 Å². The van der Waals surface area contributed by atoms with Crippen molar-refractivity contribution in [3.8, 4) is 0 Å². The molecule has 0 spiro atoms. The van der Waals surface area contributed by atoms with Crippen LogP contribution in [0.15, 0.2) is 11.6 Å². The molecule has 4 rings (SSSR count). The smallest absolute Gasteiger partial charge is 0.187 e. The van der Waals surface area contributed by atoms with Crippen molar-refractivity contribution in [2.24, 2.45) is 5.92 Å². The largest absolute Gasteiger partial charge is 0.396 e. The van der Waals surface area contributed by atoms with E-state index in [0.29, 0.717) is 0 Å². The average Bonchev–Trinajstić information content (AvgIpc) is 3.03. The molecule has 2 aliphatic heterocycles. The average molecular weight is 660 g/mol. The molecule has 19 nitrogen and oxygen atoms in total. The molecular formula is C26H45NO18. The van der Waals surface area contributed by atoms with Gasteiger partial charge in [0.2, 0.25) is 0 Å². The second kappa shape index (κ2) is 15.5. The minimum atomic E-state index is -1.94. The minimum absolute atomic E-state index is 0.0188.